The molecule has 3 rings (SSSR count). The highest BCUT2D eigenvalue weighted by atomic mass is 79.9. The molecule has 0 saturated carbocycles. The average molecular weight is 628 g/mol. The van der Waals surface area contributed by atoms with Gasteiger partial charge in [0.2, 0.25) is 5.82 Å². The molecule has 0 unspecified atom stereocenters. The van der Waals surface area contributed by atoms with Crippen LogP contribution in [0.2, 0.25) is 0 Å². The number of anilines is 1. The van der Waals surface area contributed by atoms with Crippen molar-refractivity contribution in [3.8, 4) is 6.07 Å². The molecule has 0 atom stereocenters. The van der Waals surface area contributed by atoms with Gasteiger partial charge in [0, 0.05) is 51.0 Å². The van der Waals surface area contributed by atoms with Crippen molar-refractivity contribution in [2.75, 3.05) is 44.3 Å². The molecule has 2 heterocycles. The van der Waals surface area contributed by atoms with Gasteiger partial charge >= 0.3 is 12.1 Å². The van der Waals surface area contributed by atoms with Crippen LogP contribution in [0.25, 0.3) is 0 Å². The van der Waals surface area contributed by atoms with Gasteiger partial charge in [0.05, 0.1) is 4.47 Å². The first kappa shape index (κ1) is 32.9. The molecule has 1 amide bonds. The maximum atomic E-state index is 13.0. The smallest absolute Gasteiger partial charge is 0.475 e. The number of carboxylic acids is 1. The summed E-state index contributed by atoms with van der Waals surface area (Å²) < 4.78 is 32.3. The van der Waals surface area contributed by atoms with Gasteiger partial charge in [-0.25, -0.2) is 9.78 Å². The molecule has 0 spiro atoms. The summed E-state index contributed by atoms with van der Waals surface area (Å²) in [6, 6.07) is 9.72. The van der Waals surface area contributed by atoms with Crippen molar-refractivity contribution in [1.82, 2.24) is 25.2 Å². The Hall–Kier alpha value is -3.28. The lowest BCUT2D eigenvalue weighted by Gasteiger charge is -2.34. The lowest BCUT2D eigenvalue weighted by molar-refractivity contribution is -0.192. The Morgan fingerprint density at radius 3 is 2.25 bits per heavy atom. The number of carbonyl (C=O) groups is 2. The van der Waals surface area contributed by atoms with Gasteiger partial charge in [0.1, 0.15) is 6.07 Å². The van der Waals surface area contributed by atoms with Crippen molar-refractivity contribution in [2.45, 2.75) is 39.9 Å². The Morgan fingerprint density at radius 1 is 1.18 bits per heavy atom. The fourth-order valence-electron chi connectivity index (χ4n) is 3.85. The second-order valence-corrected chi connectivity index (χ2v) is 10.4. The van der Waals surface area contributed by atoms with Crippen molar-refractivity contribution in [3.63, 3.8) is 0 Å². The number of carboxylic acid groups (broad SMARTS) is 1. The number of alkyl halides is 3. The first-order valence-corrected chi connectivity index (χ1v) is 13.5. The molecule has 0 radical (unpaired) electrons. The topological polar surface area (TPSA) is 126 Å². The van der Waals surface area contributed by atoms with Crippen LogP contribution in [0.5, 0.6) is 0 Å². The number of amides is 1. The summed E-state index contributed by atoms with van der Waals surface area (Å²) in [6.45, 7) is 13.3. The zero-order valence-corrected chi connectivity index (χ0v) is 24.2. The molecule has 1 fully saturated rings. The number of nitrogens with one attached hydrogen (secondary N) is 1. The monoisotopic (exact) mass is 627 g/mol. The Labute approximate surface area is 239 Å². The Balaban J connectivity index is 0.000000708. The normalized spacial score (nSPS) is 14.2. The second kappa shape index (κ2) is 15.5. The summed E-state index contributed by atoms with van der Waals surface area (Å²) in [4.78, 5) is 35.1. The van der Waals surface area contributed by atoms with Crippen LogP contribution >= 0.6 is 15.9 Å². The zero-order chi connectivity index (χ0) is 29.9. The average Bonchev–Trinajstić information content (AvgIpc) is 2.90. The van der Waals surface area contributed by atoms with Crippen LogP contribution in [0.15, 0.2) is 34.9 Å². The molecule has 2 N–H and O–H groups in total. The molecule has 1 aromatic carbocycles. The van der Waals surface area contributed by atoms with E-state index in [1.54, 1.807) is 5.01 Å². The van der Waals surface area contributed by atoms with E-state index in [2.05, 4.69) is 61.9 Å². The quantitative estimate of drug-likeness (QED) is 0.396. The minimum atomic E-state index is -5.08. The van der Waals surface area contributed by atoms with Crippen LogP contribution in [-0.4, -0.2) is 82.2 Å². The van der Waals surface area contributed by atoms with Crippen LogP contribution < -0.4 is 10.4 Å². The van der Waals surface area contributed by atoms with Crippen LogP contribution in [0.4, 0.5) is 19.0 Å². The highest BCUT2D eigenvalue weighted by molar-refractivity contribution is 9.10. The predicted octanol–water partition coefficient (Wildman–Crippen LogP) is 4.08. The number of aliphatic carboxylic acids is 1. The van der Waals surface area contributed by atoms with E-state index in [9.17, 15) is 18.0 Å². The molecule has 1 aliphatic heterocycles. The number of carbonyl (C=O) groups excluding carboxylic acids is 1. The molecule has 1 aliphatic rings. The first-order chi connectivity index (χ1) is 18.8. The molecule has 1 aromatic heterocycles. The first-order valence-electron chi connectivity index (χ1n) is 12.7. The lowest BCUT2D eigenvalue weighted by atomic mass is 10.1. The van der Waals surface area contributed by atoms with Crippen LogP contribution in [0.1, 0.15) is 48.9 Å². The summed E-state index contributed by atoms with van der Waals surface area (Å²) in [5.74, 6) is -2.21. The van der Waals surface area contributed by atoms with E-state index in [-0.39, 0.29) is 17.6 Å². The molecule has 40 heavy (non-hydrogen) atoms. The molecule has 2 aromatic rings. The number of piperazine rings is 1. The summed E-state index contributed by atoms with van der Waals surface area (Å²) in [5, 5.41) is 17.9. The fourth-order valence-corrected chi connectivity index (χ4v) is 4.25. The number of halogens is 4. The van der Waals surface area contributed by atoms with E-state index in [0.29, 0.717) is 22.4 Å². The van der Waals surface area contributed by atoms with Crippen molar-refractivity contribution in [1.29, 1.82) is 5.26 Å². The predicted molar refractivity (Wildman–Crippen MR) is 146 cm³/mol. The molecule has 10 nitrogen and oxygen atoms in total. The highest BCUT2D eigenvalue weighted by Crippen LogP contribution is 2.23. The number of nitrogens with zero attached hydrogens (tertiary/aromatic N) is 6. The number of hydrogen-bond donors (Lipinski definition) is 2. The van der Waals surface area contributed by atoms with Crippen molar-refractivity contribution < 1.29 is 27.9 Å². The molecular formula is C26H33BrF3N7O3. The van der Waals surface area contributed by atoms with Crippen molar-refractivity contribution in [2.24, 2.45) is 5.92 Å². The number of benzene rings is 1. The molecule has 218 valence electrons. The SMILES string of the molecule is CCCN1CCN(Cc2ccc(C(=O)NN(CC(C)C)c3nc(C#N)ncc3Br)cc2)CC1.O=C(O)C(F)(F)F. The van der Waals surface area contributed by atoms with Gasteiger partial charge in [-0.15, -0.1) is 0 Å². The van der Waals surface area contributed by atoms with Gasteiger partial charge in [0.15, 0.2) is 5.82 Å². The third kappa shape index (κ3) is 10.7. The number of rotatable bonds is 9. The van der Waals surface area contributed by atoms with Crippen LogP contribution in [-0.2, 0) is 11.3 Å². The van der Waals surface area contributed by atoms with E-state index in [0.717, 1.165) is 32.7 Å². The highest BCUT2D eigenvalue weighted by Gasteiger charge is 2.38. The largest absolute Gasteiger partial charge is 0.490 e. The lowest BCUT2D eigenvalue weighted by Crippen LogP contribution is -2.46. The van der Waals surface area contributed by atoms with Gasteiger partial charge in [-0.3, -0.25) is 20.1 Å². The van der Waals surface area contributed by atoms with Crippen LogP contribution in [0.3, 0.4) is 0 Å². The fraction of sp³-hybridized carbons (Fsp3) is 0.500. The van der Waals surface area contributed by atoms with E-state index in [4.69, 9.17) is 15.2 Å². The molecular weight excluding hydrogens is 595 g/mol. The number of aromatic nitrogens is 2. The Kier molecular flexibility index (Phi) is 12.8. The minimum absolute atomic E-state index is 0.0519. The van der Waals surface area contributed by atoms with E-state index >= 15 is 0 Å². The van der Waals surface area contributed by atoms with Crippen molar-refractivity contribution in [3.05, 3.63) is 51.9 Å². The van der Waals surface area contributed by atoms with Gasteiger partial charge in [0.25, 0.3) is 5.91 Å². The van der Waals surface area contributed by atoms with E-state index in [1.807, 2.05) is 30.3 Å². The van der Waals surface area contributed by atoms with Crippen LogP contribution in [0, 0.1) is 17.2 Å². The third-order valence-electron chi connectivity index (χ3n) is 5.74. The maximum absolute atomic E-state index is 13.0. The molecule has 0 aliphatic carbocycles. The number of nitriles is 1. The summed E-state index contributed by atoms with van der Waals surface area (Å²) in [7, 11) is 0. The van der Waals surface area contributed by atoms with Gasteiger partial charge < -0.3 is 10.0 Å². The minimum Gasteiger partial charge on any atom is -0.475 e. The standard InChI is InChI=1S/C24H32BrN7O.C2HF3O2/c1-4-9-30-10-12-31(13-11-30)17-19-5-7-20(8-6-19)24(33)29-32(16-18(2)3)23-21(25)15-27-22(14-26)28-23;3-2(4,5)1(6)7/h5-8,15,18H,4,9-13,16-17H2,1-3H3,(H,29,33);(H,6,7). The Morgan fingerprint density at radius 2 is 1.75 bits per heavy atom. The molecule has 0 bridgehead atoms. The van der Waals surface area contributed by atoms with E-state index < -0.39 is 12.1 Å². The maximum Gasteiger partial charge on any atom is 0.490 e. The molecule has 1 saturated heterocycles. The number of hydrogen-bond acceptors (Lipinski definition) is 8. The summed E-state index contributed by atoms with van der Waals surface area (Å²) in [6.07, 6.45) is -2.36. The summed E-state index contributed by atoms with van der Waals surface area (Å²) in [5.41, 5.74) is 4.72. The third-order valence-corrected chi connectivity index (χ3v) is 6.29. The number of hydrazine groups is 1. The zero-order valence-electron chi connectivity index (χ0n) is 22.6. The van der Waals surface area contributed by atoms with Gasteiger partial charge in [-0.1, -0.05) is 32.9 Å². The van der Waals surface area contributed by atoms with Gasteiger partial charge in [-0.2, -0.15) is 23.4 Å². The molecule has 14 heteroatoms. The van der Waals surface area contributed by atoms with Gasteiger partial charge in [-0.05, 0) is 52.5 Å². The van der Waals surface area contributed by atoms with Crippen molar-refractivity contribution >= 4 is 33.6 Å². The second-order valence-electron chi connectivity index (χ2n) is 9.54. The Bertz CT molecular complexity index is 1170. The summed E-state index contributed by atoms with van der Waals surface area (Å²) >= 11 is 3.43. The van der Waals surface area contributed by atoms with E-state index in [1.165, 1.54) is 24.7 Å².